The number of para-hydroxylation sites is 1. The van der Waals surface area contributed by atoms with Crippen molar-refractivity contribution in [1.82, 2.24) is 9.88 Å². The minimum absolute atomic E-state index is 0.0717. The normalized spacial score (nSPS) is 19.7. The van der Waals surface area contributed by atoms with E-state index in [1.54, 1.807) is 17.0 Å². The van der Waals surface area contributed by atoms with E-state index in [2.05, 4.69) is 18.8 Å². The number of nitrogens with zero attached hydrogens (tertiary/aromatic N) is 2. The summed E-state index contributed by atoms with van der Waals surface area (Å²) in [7, 11) is 0. The molecule has 0 saturated carbocycles. The topological polar surface area (TPSA) is 72.6 Å². The maximum atomic E-state index is 12.4. The molecule has 3 aromatic rings. The summed E-state index contributed by atoms with van der Waals surface area (Å²) in [5.74, 6) is 0.707. The number of fused-ring (bicyclic) bond motifs is 1. The van der Waals surface area contributed by atoms with Gasteiger partial charge in [-0.2, -0.15) is 0 Å². The first-order valence-corrected chi connectivity index (χ1v) is 10.2. The molecule has 2 atom stereocenters. The highest BCUT2D eigenvalue weighted by Crippen LogP contribution is 2.31. The maximum Gasteiger partial charge on any atom is 0.374 e. The van der Waals surface area contributed by atoms with Crippen molar-refractivity contribution >= 4 is 33.4 Å². The average molecular weight is 398 g/mol. The lowest BCUT2D eigenvalue weighted by molar-refractivity contribution is -0.137. The second kappa shape index (κ2) is 7.75. The van der Waals surface area contributed by atoms with Crippen molar-refractivity contribution in [3.63, 3.8) is 0 Å². The van der Waals surface area contributed by atoms with Crippen LogP contribution in [0.15, 0.2) is 40.8 Å². The summed E-state index contributed by atoms with van der Waals surface area (Å²) in [5, 5.41) is 0.701. The highest BCUT2D eigenvalue weighted by Gasteiger charge is 2.26. The molecule has 6 nitrogen and oxygen atoms in total. The summed E-state index contributed by atoms with van der Waals surface area (Å²) in [4.78, 5) is 30.9. The monoisotopic (exact) mass is 398 g/mol. The Balaban J connectivity index is 1.38. The third-order valence-electron chi connectivity index (χ3n) is 4.86. The van der Waals surface area contributed by atoms with Crippen molar-refractivity contribution in [2.24, 2.45) is 11.8 Å². The second-order valence-corrected chi connectivity index (χ2v) is 8.50. The molecule has 0 aliphatic carbocycles. The fourth-order valence-corrected chi connectivity index (χ4v) is 4.62. The predicted molar refractivity (Wildman–Crippen MR) is 107 cm³/mol. The number of esters is 1. The van der Waals surface area contributed by atoms with E-state index in [0.717, 1.165) is 16.6 Å². The molecular weight excluding hydrogens is 376 g/mol. The number of likely N-dealkylation sites (tertiary alicyclic amines) is 1. The Morgan fingerprint density at radius 1 is 1.18 bits per heavy atom. The number of carbonyl (C=O) groups is 2. The molecule has 0 N–H and O–H groups in total. The third-order valence-corrected chi connectivity index (χ3v) is 5.91. The van der Waals surface area contributed by atoms with Crippen molar-refractivity contribution in [2.45, 2.75) is 20.3 Å². The Morgan fingerprint density at radius 2 is 1.93 bits per heavy atom. The van der Waals surface area contributed by atoms with Crippen LogP contribution in [0.1, 0.15) is 30.8 Å². The Hall–Kier alpha value is -2.67. The smallest absolute Gasteiger partial charge is 0.374 e. The number of rotatable bonds is 4. The summed E-state index contributed by atoms with van der Waals surface area (Å²) in [6, 6.07) is 11.1. The molecule has 146 valence electrons. The number of furan rings is 1. The van der Waals surface area contributed by atoms with E-state index in [-0.39, 0.29) is 18.3 Å². The first kappa shape index (κ1) is 18.7. The highest BCUT2D eigenvalue weighted by atomic mass is 32.1. The second-order valence-electron chi connectivity index (χ2n) is 7.47. The Morgan fingerprint density at radius 3 is 2.68 bits per heavy atom. The van der Waals surface area contributed by atoms with Gasteiger partial charge >= 0.3 is 5.97 Å². The molecule has 1 amide bonds. The summed E-state index contributed by atoms with van der Waals surface area (Å²) in [6.45, 7) is 5.42. The third kappa shape index (κ3) is 3.94. The van der Waals surface area contributed by atoms with Crippen molar-refractivity contribution in [1.29, 1.82) is 0 Å². The number of piperidine rings is 1. The van der Waals surface area contributed by atoms with Gasteiger partial charge in [-0.25, -0.2) is 9.78 Å². The molecule has 28 heavy (non-hydrogen) atoms. The van der Waals surface area contributed by atoms with E-state index in [1.807, 2.05) is 24.3 Å². The SMILES string of the molecule is C[C@H]1C[C@H](C)CN(C(=O)COC(=O)c2ccc(-c3nc4ccccc4s3)o2)C1. The lowest BCUT2D eigenvalue weighted by atomic mass is 9.92. The Bertz CT molecular complexity index is 966. The van der Waals surface area contributed by atoms with Crippen LogP contribution in [0.25, 0.3) is 21.0 Å². The van der Waals surface area contributed by atoms with Gasteiger partial charge in [0.05, 0.1) is 10.2 Å². The number of ether oxygens (including phenoxy) is 1. The molecular formula is C21H22N2O4S. The first-order chi connectivity index (χ1) is 13.5. The van der Waals surface area contributed by atoms with Crippen LogP contribution in [0, 0.1) is 11.8 Å². The molecule has 1 aliphatic heterocycles. The minimum atomic E-state index is -0.640. The van der Waals surface area contributed by atoms with Gasteiger partial charge in [0, 0.05) is 13.1 Å². The Kier molecular flexibility index (Phi) is 5.17. The van der Waals surface area contributed by atoms with Gasteiger partial charge in [-0.3, -0.25) is 4.79 Å². The summed E-state index contributed by atoms with van der Waals surface area (Å²) in [5.41, 5.74) is 0.888. The fourth-order valence-electron chi connectivity index (χ4n) is 3.70. The summed E-state index contributed by atoms with van der Waals surface area (Å²) < 4.78 is 11.9. The van der Waals surface area contributed by atoms with Gasteiger partial charge in [0.2, 0.25) is 5.76 Å². The van der Waals surface area contributed by atoms with E-state index in [9.17, 15) is 9.59 Å². The minimum Gasteiger partial charge on any atom is -0.450 e. The largest absolute Gasteiger partial charge is 0.450 e. The highest BCUT2D eigenvalue weighted by molar-refractivity contribution is 7.21. The lowest BCUT2D eigenvalue weighted by Crippen LogP contribution is -2.44. The number of amides is 1. The van der Waals surface area contributed by atoms with Gasteiger partial charge in [0.25, 0.3) is 5.91 Å². The van der Waals surface area contributed by atoms with Crippen LogP contribution >= 0.6 is 11.3 Å². The van der Waals surface area contributed by atoms with Crippen LogP contribution in [-0.2, 0) is 9.53 Å². The molecule has 1 fully saturated rings. The number of benzene rings is 1. The molecule has 7 heteroatoms. The van der Waals surface area contributed by atoms with Gasteiger partial charge in [0.1, 0.15) is 0 Å². The average Bonchev–Trinajstić information content (AvgIpc) is 3.31. The van der Waals surface area contributed by atoms with Crippen molar-refractivity contribution in [2.75, 3.05) is 19.7 Å². The zero-order valence-electron chi connectivity index (χ0n) is 15.9. The number of carbonyl (C=O) groups excluding carboxylic acids is 2. The zero-order valence-corrected chi connectivity index (χ0v) is 16.7. The van der Waals surface area contributed by atoms with Crippen LogP contribution in [0.2, 0.25) is 0 Å². The molecule has 1 aliphatic rings. The van der Waals surface area contributed by atoms with Gasteiger partial charge in [-0.15, -0.1) is 11.3 Å². The number of hydrogen-bond acceptors (Lipinski definition) is 6. The molecule has 2 aromatic heterocycles. The van der Waals surface area contributed by atoms with Crippen LogP contribution in [0.4, 0.5) is 0 Å². The molecule has 0 radical (unpaired) electrons. The van der Waals surface area contributed by atoms with Crippen molar-refractivity contribution < 1.29 is 18.7 Å². The maximum absolute atomic E-state index is 12.4. The lowest BCUT2D eigenvalue weighted by Gasteiger charge is -2.34. The molecule has 3 heterocycles. The first-order valence-electron chi connectivity index (χ1n) is 9.40. The van der Waals surface area contributed by atoms with Crippen LogP contribution in [0.3, 0.4) is 0 Å². The van der Waals surface area contributed by atoms with Crippen LogP contribution in [0.5, 0.6) is 0 Å². The van der Waals surface area contributed by atoms with Gasteiger partial charge in [0.15, 0.2) is 17.4 Å². The molecule has 0 spiro atoms. The van der Waals surface area contributed by atoms with E-state index < -0.39 is 5.97 Å². The van der Waals surface area contributed by atoms with Crippen molar-refractivity contribution in [3.05, 3.63) is 42.2 Å². The molecule has 4 rings (SSSR count). The molecule has 1 saturated heterocycles. The summed E-state index contributed by atoms with van der Waals surface area (Å²) in [6.07, 6.45) is 1.12. The quantitative estimate of drug-likeness (QED) is 0.616. The van der Waals surface area contributed by atoms with Gasteiger partial charge < -0.3 is 14.1 Å². The molecule has 0 bridgehead atoms. The fraction of sp³-hybridized carbons (Fsp3) is 0.381. The van der Waals surface area contributed by atoms with E-state index in [0.29, 0.717) is 35.7 Å². The van der Waals surface area contributed by atoms with Gasteiger partial charge in [-0.05, 0) is 42.5 Å². The van der Waals surface area contributed by atoms with Crippen molar-refractivity contribution in [3.8, 4) is 10.8 Å². The predicted octanol–water partition coefficient (Wildman–Crippen LogP) is 4.22. The van der Waals surface area contributed by atoms with E-state index in [4.69, 9.17) is 9.15 Å². The number of hydrogen-bond donors (Lipinski definition) is 0. The molecule has 0 unspecified atom stereocenters. The van der Waals surface area contributed by atoms with Crippen LogP contribution < -0.4 is 0 Å². The van der Waals surface area contributed by atoms with Gasteiger partial charge in [-0.1, -0.05) is 26.0 Å². The van der Waals surface area contributed by atoms with E-state index >= 15 is 0 Å². The van der Waals surface area contributed by atoms with E-state index in [1.165, 1.54) is 11.3 Å². The van der Waals surface area contributed by atoms with Crippen LogP contribution in [-0.4, -0.2) is 41.5 Å². The summed E-state index contributed by atoms with van der Waals surface area (Å²) >= 11 is 1.50. The number of thiazole rings is 1. The number of aromatic nitrogens is 1. The molecule has 1 aromatic carbocycles. The Labute approximate surface area is 167 Å². The standard InChI is InChI=1S/C21H22N2O4S/c1-13-9-14(2)11-23(10-13)19(24)12-26-21(25)17-8-7-16(27-17)20-22-15-5-3-4-6-18(15)28-20/h3-8,13-14H,9-12H2,1-2H3/t13-,14-/m0/s1. The zero-order chi connectivity index (χ0) is 19.7.